The fourth-order valence-corrected chi connectivity index (χ4v) is 2.84. The van der Waals surface area contributed by atoms with Crippen molar-refractivity contribution in [1.29, 1.82) is 0 Å². The van der Waals surface area contributed by atoms with Crippen LogP contribution in [0.3, 0.4) is 0 Å². The van der Waals surface area contributed by atoms with E-state index in [9.17, 15) is 9.18 Å². The van der Waals surface area contributed by atoms with Crippen molar-refractivity contribution in [3.8, 4) is 0 Å². The Hall–Kier alpha value is -1.09. The molecule has 0 saturated carbocycles. The van der Waals surface area contributed by atoms with Crippen molar-refractivity contribution in [3.63, 3.8) is 0 Å². The minimum absolute atomic E-state index is 0.0847. The number of rotatable bonds is 3. The van der Waals surface area contributed by atoms with E-state index in [1.165, 1.54) is 31.0 Å². The molecule has 1 aliphatic heterocycles. The largest absolute Gasteiger partial charge is 0.339 e. The molecule has 0 unspecified atom stereocenters. The molecule has 1 aromatic carbocycles. The number of carbonyl (C=O) groups excluding carboxylic acids is 1. The van der Waals surface area contributed by atoms with Gasteiger partial charge in [-0.1, -0.05) is 31.4 Å². The molecule has 1 fully saturated rings. The van der Waals surface area contributed by atoms with Crippen molar-refractivity contribution < 1.29 is 9.18 Å². The average molecular weight is 284 g/mol. The van der Waals surface area contributed by atoms with Gasteiger partial charge in [-0.05, 0) is 37.0 Å². The zero-order valence-electron chi connectivity index (χ0n) is 11.2. The molecule has 1 aromatic rings. The third kappa shape index (κ3) is 3.47. The zero-order valence-corrected chi connectivity index (χ0v) is 11.9. The molecule has 0 bridgehead atoms. The fourth-order valence-electron chi connectivity index (χ4n) is 2.66. The molecule has 0 radical (unpaired) electrons. The van der Waals surface area contributed by atoms with Gasteiger partial charge in [0.25, 0.3) is 5.91 Å². The smallest absolute Gasteiger partial charge is 0.256 e. The van der Waals surface area contributed by atoms with E-state index < -0.39 is 5.82 Å². The fraction of sp³-hybridized carbons (Fsp3) is 0.533. The van der Waals surface area contributed by atoms with Crippen LogP contribution in [0.1, 0.15) is 43.0 Å². The van der Waals surface area contributed by atoms with E-state index in [1.807, 2.05) is 0 Å². The van der Waals surface area contributed by atoms with E-state index in [4.69, 9.17) is 11.6 Å². The van der Waals surface area contributed by atoms with Crippen molar-refractivity contribution in [2.75, 3.05) is 13.1 Å². The van der Waals surface area contributed by atoms with Crippen LogP contribution in [0, 0.1) is 11.7 Å². The van der Waals surface area contributed by atoms with Crippen molar-refractivity contribution in [3.05, 3.63) is 34.6 Å². The minimum atomic E-state index is -0.495. The van der Waals surface area contributed by atoms with Gasteiger partial charge < -0.3 is 4.90 Å². The number of hydrogen-bond donors (Lipinski definition) is 0. The zero-order chi connectivity index (χ0) is 13.8. The highest BCUT2D eigenvalue weighted by Crippen LogP contribution is 2.24. The van der Waals surface area contributed by atoms with Gasteiger partial charge in [-0.2, -0.15) is 0 Å². The van der Waals surface area contributed by atoms with Gasteiger partial charge in [0.2, 0.25) is 0 Å². The first kappa shape index (κ1) is 14.3. The van der Waals surface area contributed by atoms with Gasteiger partial charge in [-0.15, -0.1) is 0 Å². The van der Waals surface area contributed by atoms with E-state index in [2.05, 4.69) is 6.92 Å². The molecule has 0 atom stereocenters. The lowest BCUT2D eigenvalue weighted by Gasteiger charge is -2.32. The number of amides is 1. The number of hydrogen-bond acceptors (Lipinski definition) is 1. The summed E-state index contributed by atoms with van der Waals surface area (Å²) in [6.45, 7) is 3.61. The molecule has 1 heterocycles. The second-order valence-corrected chi connectivity index (χ2v) is 5.58. The standard InChI is InChI=1S/C15H19ClFNO/c1-2-3-11-6-8-18(9-7-11)15(19)13-10-12(16)4-5-14(13)17/h4-5,10-11H,2-3,6-9H2,1H3. The maximum absolute atomic E-state index is 13.7. The molecular formula is C15H19ClFNO. The molecule has 0 spiro atoms. The third-order valence-electron chi connectivity index (χ3n) is 3.76. The monoisotopic (exact) mass is 283 g/mol. The number of halogens is 2. The lowest BCUT2D eigenvalue weighted by Crippen LogP contribution is -2.38. The van der Waals surface area contributed by atoms with E-state index >= 15 is 0 Å². The Morgan fingerprint density at radius 3 is 2.74 bits per heavy atom. The molecule has 19 heavy (non-hydrogen) atoms. The van der Waals surface area contributed by atoms with Crippen molar-refractivity contribution in [2.24, 2.45) is 5.92 Å². The Kier molecular flexibility index (Phi) is 4.81. The van der Waals surface area contributed by atoms with Crippen LogP contribution in [-0.4, -0.2) is 23.9 Å². The summed E-state index contributed by atoms with van der Waals surface area (Å²) in [7, 11) is 0. The predicted octanol–water partition coefficient (Wildman–Crippen LogP) is 4.13. The van der Waals surface area contributed by atoms with Crippen LogP contribution in [0.4, 0.5) is 4.39 Å². The molecule has 0 aromatic heterocycles. The first-order chi connectivity index (χ1) is 9.11. The topological polar surface area (TPSA) is 20.3 Å². The van der Waals surface area contributed by atoms with E-state index in [1.54, 1.807) is 4.90 Å². The molecule has 1 saturated heterocycles. The molecule has 2 rings (SSSR count). The molecule has 4 heteroatoms. The van der Waals surface area contributed by atoms with Gasteiger partial charge in [-0.25, -0.2) is 4.39 Å². The summed E-state index contributed by atoms with van der Waals surface area (Å²) < 4.78 is 13.7. The Balaban J connectivity index is 2.03. The van der Waals surface area contributed by atoms with Crippen LogP contribution in [0.5, 0.6) is 0 Å². The Morgan fingerprint density at radius 2 is 2.11 bits per heavy atom. The lowest BCUT2D eigenvalue weighted by atomic mass is 9.92. The first-order valence-corrected chi connectivity index (χ1v) is 7.24. The van der Waals surface area contributed by atoms with Gasteiger partial charge in [0.05, 0.1) is 5.56 Å². The van der Waals surface area contributed by atoms with Crippen LogP contribution in [0.15, 0.2) is 18.2 Å². The maximum Gasteiger partial charge on any atom is 0.256 e. The minimum Gasteiger partial charge on any atom is -0.339 e. The lowest BCUT2D eigenvalue weighted by molar-refractivity contribution is 0.0682. The molecule has 1 amide bonds. The molecule has 0 aliphatic carbocycles. The second kappa shape index (κ2) is 6.38. The second-order valence-electron chi connectivity index (χ2n) is 5.15. The van der Waals surface area contributed by atoms with Crippen LogP contribution in [0.25, 0.3) is 0 Å². The third-order valence-corrected chi connectivity index (χ3v) is 3.99. The molecular weight excluding hydrogens is 265 g/mol. The Morgan fingerprint density at radius 1 is 1.42 bits per heavy atom. The number of carbonyl (C=O) groups is 1. The first-order valence-electron chi connectivity index (χ1n) is 6.86. The van der Waals surface area contributed by atoms with Crippen LogP contribution in [-0.2, 0) is 0 Å². The Bertz CT molecular complexity index is 455. The van der Waals surface area contributed by atoms with Crippen molar-refractivity contribution >= 4 is 17.5 Å². The highest BCUT2D eigenvalue weighted by Gasteiger charge is 2.24. The summed E-state index contributed by atoms with van der Waals surface area (Å²) in [5.41, 5.74) is 0.0847. The summed E-state index contributed by atoms with van der Waals surface area (Å²) in [5.74, 6) is -0.0294. The van der Waals surface area contributed by atoms with Crippen LogP contribution in [0.2, 0.25) is 5.02 Å². The highest BCUT2D eigenvalue weighted by atomic mass is 35.5. The average Bonchev–Trinajstić information content (AvgIpc) is 2.42. The highest BCUT2D eigenvalue weighted by molar-refractivity contribution is 6.31. The molecule has 1 aliphatic rings. The van der Waals surface area contributed by atoms with E-state index in [0.29, 0.717) is 10.9 Å². The summed E-state index contributed by atoms with van der Waals surface area (Å²) >= 11 is 5.83. The van der Waals surface area contributed by atoms with E-state index in [0.717, 1.165) is 25.9 Å². The summed E-state index contributed by atoms with van der Waals surface area (Å²) in [6.07, 6.45) is 4.43. The number of nitrogens with zero attached hydrogens (tertiary/aromatic N) is 1. The summed E-state index contributed by atoms with van der Waals surface area (Å²) in [5, 5.41) is 0.394. The Labute approximate surface area is 118 Å². The van der Waals surface area contributed by atoms with Crippen LogP contribution >= 0.6 is 11.6 Å². The SMILES string of the molecule is CCCC1CCN(C(=O)c2cc(Cl)ccc2F)CC1. The predicted molar refractivity (Wildman–Crippen MR) is 74.9 cm³/mol. The van der Waals surface area contributed by atoms with Gasteiger partial charge in [0.15, 0.2) is 0 Å². The molecule has 104 valence electrons. The molecule has 0 N–H and O–H groups in total. The van der Waals surface area contributed by atoms with Gasteiger partial charge in [-0.3, -0.25) is 4.79 Å². The quantitative estimate of drug-likeness (QED) is 0.817. The van der Waals surface area contributed by atoms with Gasteiger partial charge in [0, 0.05) is 18.1 Å². The van der Waals surface area contributed by atoms with Crippen molar-refractivity contribution in [1.82, 2.24) is 4.90 Å². The summed E-state index contributed by atoms with van der Waals surface area (Å²) in [6, 6.07) is 4.12. The summed E-state index contributed by atoms with van der Waals surface area (Å²) in [4.78, 5) is 14.0. The van der Waals surface area contributed by atoms with Crippen molar-refractivity contribution in [2.45, 2.75) is 32.6 Å². The number of piperidine rings is 1. The number of benzene rings is 1. The van der Waals surface area contributed by atoms with Gasteiger partial charge >= 0.3 is 0 Å². The van der Waals surface area contributed by atoms with Crippen LogP contribution < -0.4 is 0 Å². The van der Waals surface area contributed by atoms with Gasteiger partial charge in [0.1, 0.15) is 5.82 Å². The van der Waals surface area contributed by atoms with E-state index in [-0.39, 0.29) is 11.5 Å². The maximum atomic E-state index is 13.7. The normalized spacial score (nSPS) is 16.7. The molecule has 2 nitrogen and oxygen atoms in total. The number of likely N-dealkylation sites (tertiary alicyclic amines) is 1.